The standard InChI is InChI=1S/C36H33N2P/c1-35(2)27-18-8-12-22-31(27)37(32-23-13-9-19-28(32)35)39(26-16-6-5-7-17-26)38-33-24-14-10-20-29(33)36(3,4)30-21-11-15-25-34(30)38/h5-25H,1-4H3. The van der Waals surface area contributed by atoms with Crippen LogP contribution in [0.4, 0.5) is 22.7 Å². The van der Waals surface area contributed by atoms with Crippen LogP contribution in [0.5, 0.6) is 0 Å². The lowest BCUT2D eigenvalue weighted by atomic mass is 9.74. The Kier molecular flexibility index (Phi) is 5.48. The van der Waals surface area contributed by atoms with Crippen molar-refractivity contribution in [3.63, 3.8) is 0 Å². The van der Waals surface area contributed by atoms with Crippen LogP contribution >= 0.6 is 8.22 Å². The van der Waals surface area contributed by atoms with Gasteiger partial charge in [0.25, 0.3) is 0 Å². The van der Waals surface area contributed by atoms with Crippen LogP contribution in [0, 0.1) is 0 Å². The minimum Gasteiger partial charge on any atom is -0.298 e. The van der Waals surface area contributed by atoms with Crippen LogP contribution in [0.15, 0.2) is 127 Å². The summed E-state index contributed by atoms with van der Waals surface area (Å²) in [4.78, 5) is 0. The highest BCUT2D eigenvalue weighted by atomic mass is 31.1. The summed E-state index contributed by atoms with van der Waals surface area (Å²) in [7, 11) is -1.05. The first-order valence-electron chi connectivity index (χ1n) is 13.7. The van der Waals surface area contributed by atoms with Crippen molar-refractivity contribution in [2.24, 2.45) is 0 Å². The van der Waals surface area contributed by atoms with Gasteiger partial charge in [-0.15, -0.1) is 0 Å². The summed E-state index contributed by atoms with van der Waals surface area (Å²) in [6, 6.07) is 47.1. The minimum absolute atomic E-state index is 0.0961. The molecule has 0 bridgehead atoms. The summed E-state index contributed by atoms with van der Waals surface area (Å²) in [5.41, 5.74) is 10.4. The summed E-state index contributed by atoms with van der Waals surface area (Å²) >= 11 is 0. The molecule has 0 radical (unpaired) electrons. The number of hydrogen-bond acceptors (Lipinski definition) is 2. The normalized spacial score (nSPS) is 16.2. The molecular weight excluding hydrogens is 491 g/mol. The first kappa shape index (κ1) is 24.2. The highest BCUT2D eigenvalue weighted by Gasteiger charge is 2.45. The number of rotatable bonds is 3. The van der Waals surface area contributed by atoms with Crippen LogP contribution in [0.25, 0.3) is 0 Å². The zero-order valence-electron chi connectivity index (χ0n) is 23.0. The van der Waals surface area contributed by atoms with Gasteiger partial charge in [-0.25, -0.2) is 0 Å². The average Bonchev–Trinajstić information content (AvgIpc) is 2.97. The molecule has 0 aromatic heterocycles. The molecule has 0 N–H and O–H groups in total. The SMILES string of the molecule is CC1(C)c2ccccc2N(P(c2ccccc2)N2c3ccccc3C(C)(C)c3ccccc32)c2ccccc21. The van der Waals surface area contributed by atoms with Crippen LogP contribution in [0.3, 0.4) is 0 Å². The molecule has 5 aromatic carbocycles. The molecule has 192 valence electrons. The van der Waals surface area contributed by atoms with Crippen LogP contribution in [-0.2, 0) is 10.8 Å². The van der Waals surface area contributed by atoms with Crippen molar-refractivity contribution in [1.82, 2.24) is 0 Å². The third-order valence-corrected chi connectivity index (χ3v) is 11.0. The second-order valence-electron chi connectivity index (χ2n) is 11.6. The van der Waals surface area contributed by atoms with E-state index in [1.54, 1.807) is 0 Å². The van der Waals surface area contributed by atoms with E-state index in [9.17, 15) is 0 Å². The van der Waals surface area contributed by atoms with Gasteiger partial charge in [0.2, 0.25) is 0 Å². The molecular formula is C36H33N2P. The van der Waals surface area contributed by atoms with E-state index in [4.69, 9.17) is 0 Å². The lowest BCUT2D eigenvalue weighted by Gasteiger charge is -2.51. The Morgan fingerprint density at radius 3 is 1.00 bits per heavy atom. The zero-order valence-corrected chi connectivity index (χ0v) is 23.9. The quantitative estimate of drug-likeness (QED) is 0.217. The third-order valence-electron chi connectivity index (χ3n) is 8.59. The number of nitrogens with zero attached hydrogens (tertiary/aromatic N) is 2. The third kappa shape index (κ3) is 3.51. The second kappa shape index (κ2) is 8.83. The molecule has 0 spiro atoms. The number of para-hydroxylation sites is 4. The maximum atomic E-state index is 2.65. The number of anilines is 4. The van der Waals surface area contributed by atoms with Crippen LogP contribution in [0.2, 0.25) is 0 Å². The van der Waals surface area contributed by atoms with Crippen molar-refractivity contribution in [3.8, 4) is 0 Å². The summed E-state index contributed by atoms with van der Waals surface area (Å²) in [6.07, 6.45) is 0. The zero-order chi connectivity index (χ0) is 26.8. The summed E-state index contributed by atoms with van der Waals surface area (Å²) < 4.78 is 5.29. The van der Waals surface area contributed by atoms with Gasteiger partial charge in [-0.05, 0) is 46.5 Å². The molecule has 0 aliphatic carbocycles. The monoisotopic (exact) mass is 524 g/mol. The van der Waals surface area contributed by atoms with Gasteiger partial charge in [0, 0.05) is 16.1 Å². The van der Waals surface area contributed by atoms with Gasteiger partial charge in [-0.1, -0.05) is 131 Å². The fourth-order valence-electron chi connectivity index (χ4n) is 6.59. The van der Waals surface area contributed by atoms with Gasteiger partial charge < -0.3 is 0 Å². The topological polar surface area (TPSA) is 6.48 Å². The fraction of sp³-hybridized carbons (Fsp3) is 0.167. The van der Waals surface area contributed by atoms with Crippen molar-refractivity contribution in [1.29, 1.82) is 0 Å². The molecule has 39 heavy (non-hydrogen) atoms. The van der Waals surface area contributed by atoms with E-state index in [1.807, 2.05) is 0 Å². The Morgan fingerprint density at radius 2 is 0.667 bits per heavy atom. The van der Waals surface area contributed by atoms with Crippen molar-refractivity contribution < 1.29 is 0 Å². The second-order valence-corrected chi connectivity index (χ2v) is 13.5. The van der Waals surface area contributed by atoms with Crippen molar-refractivity contribution in [3.05, 3.63) is 150 Å². The van der Waals surface area contributed by atoms with E-state index in [0.717, 1.165) is 0 Å². The van der Waals surface area contributed by atoms with Gasteiger partial charge in [0.05, 0.1) is 22.7 Å². The van der Waals surface area contributed by atoms with Crippen molar-refractivity contribution in [2.75, 3.05) is 9.34 Å². The molecule has 2 nitrogen and oxygen atoms in total. The number of fused-ring (bicyclic) bond motifs is 4. The highest BCUT2D eigenvalue weighted by molar-refractivity contribution is 7.69. The Bertz CT molecular complexity index is 1480. The Balaban J connectivity index is 1.58. The lowest BCUT2D eigenvalue weighted by molar-refractivity contribution is 0.632. The molecule has 5 aromatic rings. The molecule has 0 amide bonds. The van der Waals surface area contributed by atoms with E-state index in [1.165, 1.54) is 50.3 Å². The maximum Gasteiger partial charge on any atom is 0.138 e. The number of hydrogen-bond donors (Lipinski definition) is 0. The summed E-state index contributed by atoms with van der Waals surface area (Å²) in [6.45, 7) is 9.45. The Hall–Kier alpha value is -3.87. The van der Waals surface area contributed by atoms with Crippen LogP contribution in [0.1, 0.15) is 49.9 Å². The lowest BCUT2D eigenvalue weighted by Crippen LogP contribution is -2.39. The molecule has 2 heterocycles. The average molecular weight is 525 g/mol. The van der Waals surface area contributed by atoms with E-state index >= 15 is 0 Å². The van der Waals surface area contributed by atoms with E-state index in [-0.39, 0.29) is 10.8 Å². The highest BCUT2D eigenvalue weighted by Crippen LogP contribution is 2.64. The molecule has 3 heteroatoms. The molecule has 2 aliphatic rings. The Labute approximate surface area is 233 Å². The fourth-order valence-corrected chi connectivity index (χ4v) is 9.18. The van der Waals surface area contributed by atoms with Gasteiger partial charge >= 0.3 is 0 Å². The molecule has 0 saturated heterocycles. The molecule has 0 unspecified atom stereocenters. The number of benzene rings is 5. The minimum atomic E-state index is -1.05. The maximum absolute atomic E-state index is 2.65. The van der Waals surface area contributed by atoms with Crippen molar-refractivity contribution >= 4 is 36.3 Å². The Morgan fingerprint density at radius 1 is 0.385 bits per heavy atom. The summed E-state index contributed by atoms with van der Waals surface area (Å²) in [5, 5.41) is 1.32. The molecule has 0 atom stereocenters. The molecule has 0 saturated carbocycles. The van der Waals surface area contributed by atoms with E-state index in [2.05, 4.69) is 164 Å². The predicted molar refractivity (Wildman–Crippen MR) is 167 cm³/mol. The largest absolute Gasteiger partial charge is 0.298 e. The first-order valence-corrected chi connectivity index (χ1v) is 15.0. The molecule has 2 aliphatic heterocycles. The predicted octanol–water partition coefficient (Wildman–Crippen LogP) is 9.58. The van der Waals surface area contributed by atoms with E-state index < -0.39 is 8.22 Å². The van der Waals surface area contributed by atoms with Gasteiger partial charge in [-0.3, -0.25) is 9.34 Å². The van der Waals surface area contributed by atoms with Crippen LogP contribution in [-0.4, -0.2) is 0 Å². The first-order chi connectivity index (χ1) is 18.9. The smallest absolute Gasteiger partial charge is 0.138 e. The molecule has 7 rings (SSSR count). The van der Waals surface area contributed by atoms with Gasteiger partial charge in [0.15, 0.2) is 0 Å². The van der Waals surface area contributed by atoms with Gasteiger partial charge in [-0.2, -0.15) is 0 Å². The summed E-state index contributed by atoms with van der Waals surface area (Å²) in [5.74, 6) is 0. The molecule has 0 fully saturated rings. The van der Waals surface area contributed by atoms with E-state index in [0.29, 0.717) is 0 Å². The van der Waals surface area contributed by atoms with Crippen molar-refractivity contribution in [2.45, 2.75) is 38.5 Å². The van der Waals surface area contributed by atoms with Crippen LogP contribution < -0.4 is 14.6 Å². The van der Waals surface area contributed by atoms with Gasteiger partial charge in [0.1, 0.15) is 8.22 Å².